The van der Waals surface area contributed by atoms with Crippen molar-refractivity contribution in [3.63, 3.8) is 0 Å². The number of nitrogens with one attached hydrogen (secondary N) is 1. The molecule has 23 heavy (non-hydrogen) atoms. The standard InChI is InChI=1S/C17H23N5O/c1-13-11-16(19-15-7-9-21(10-8-15)17(18)23)22(20-13)12-14-5-3-2-4-6-14/h2-6,11,15,19H,7-10,12H2,1H3,(H2,18,23). The number of primary amides is 1. The molecule has 1 aromatic heterocycles. The van der Waals surface area contributed by atoms with E-state index in [9.17, 15) is 4.79 Å². The lowest BCUT2D eigenvalue weighted by Gasteiger charge is -2.31. The quantitative estimate of drug-likeness (QED) is 0.908. The third kappa shape index (κ3) is 3.83. The number of benzene rings is 1. The van der Waals surface area contributed by atoms with Crippen LogP contribution in [-0.2, 0) is 6.54 Å². The van der Waals surface area contributed by atoms with Crippen LogP contribution in [0.2, 0.25) is 0 Å². The SMILES string of the molecule is Cc1cc(NC2CCN(C(N)=O)CC2)n(Cc2ccccc2)n1. The molecule has 6 nitrogen and oxygen atoms in total. The number of rotatable bonds is 4. The van der Waals surface area contributed by atoms with Crippen LogP contribution in [0.15, 0.2) is 36.4 Å². The summed E-state index contributed by atoms with van der Waals surface area (Å²) in [6, 6.07) is 12.4. The molecule has 1 aromatic carbocycles. The Bertz CT molecular complexity index is 659. The zero-order valence-electron chi connectivity index (χ0n) is 13.4. The molecule has 1 fully saturated rings. The Morgan fingerprint density at radius 1 is 1.30 bits per heavy atom. The maximum absolute atomic E-state index is 11.2. The number of piperidine rings is 1. The lowest BCUT2D eigenvalue weighted by molar-refractivity contribution is 0.193. The van der Waals surface area contributed by atoms with E-state index >= 15 is 0 Å². The minimum Gasteiger partial charge on any atom is -0.367 e. The Hall–Kier alpha value is -2.50. The number of hydrogen-bond acceptors (Lipinski definition) is 3. The molecule has 1 aliphatic heterocycles. The van der Waals surface area contributed by atoms with Crippen molar-refractivity contribution in [3.05, 3.63) is 47.7 Å². The van der Waals surface area contributed by atoms with E-state index in [1.54, 1.807) is 4.90 Å². The number of likely N-dealkylation sites (tertiary alicyclic amines) is 1. The molecule has 3 rings (SSSR count). The number of aromatic nitrogens is 2. The number of hydrogen-bond donors (Lipinski definition) is 2. The van der Waals surface area contributed by atoms with Crippen molar-refractivity contribution in [1.29, 1.82) is 0 Å². The van der Waals surface area contributed by atoms with Crippen LogP contribution in [0.25, 0.3) is 0 Å². The maximum Gasteiger partial charge on any atom is 0.314 e. The minimum absolute atomic E-state index is 0.326. The lowest BCUT2D eigenvalue weighted by atomic mass is 10.1. The smallest absolute Gasteiger partial charge is 0.314 e. The van der Waals surface area contributed by atoms with E-state index < -0.39 is 0 Å². The summed E-state index contributed by atoms with van der Waals surface area (Å²) < 4.78 is 2.01. The zero-order valence-corrected chi connectivity index (χ0v) is 13.4. The third-order valence-electron chi connectivity index (χ3n) is 4.24. The van der Waals surface area contributed by atoms with Crippen LogP contribution < -0.4 is 11.1 Å². The van der Waals surface area contributed by atoms with Crippen LogP contribution in [-0.4, -0.2) is 39.8 Å². The Kier molecular flexibility index (Phi) is 4.50. The average molecular weight is 313 g/mol. The summed E-state index contributed by atoms with van der Waals surface area (Å²) >= 11 is 0. The summed E-state index contributed by atoms with van der Waals surface area (Å²) in [5, 5.41) is 8.16. The molecule has 2 aromatic rings. The summed E-state index contributed by atoms with van der Waals surface area (Å²) in [7, 11) is 0. The third-order valence-corrected chi connectivity index (χ3v) is 4.24. The Morgan fingerprint density at radius 3 is 2.65 bits per heavy atom. The van der Waals surface area contributed by atoms with Crippen molar-refractivity contribution < 1.29 is 4.79 Å². The van der Waals surface area contributed by atoms with Gasteiger partial charge in [0.2, 0.25) is 0 Å². The summed E-state index contributed by atoms with van der Waals surface area (Å²) in [5.74, 6) is 1.03. The highest BCUT2D eigenvalue weighted by molar-refractivity contribution is 5.72. The van der Waals surface area contributed by atoms with Crippen LogP contribution >= 0.6 is 0 Å². The van der Waals surface area contributed by atoms with Crippen LogP contribution in [0.4, 0.5) is 10.6 Å². The molecule has 0 unspecified atom stereocenters. The van der Waals surface area contributed by atoms with Crippen molar-refractivity contribution in [2.24, 2.45) is 5.73 Å². The first-order chi connectivity index (χ1) is 11.1. The molecular weight excluding hydrogens is 290 g/mol. The van der Waals surface area contributed by atoms with E-state index in [-0.39, 0.29) is 6.03 Å². The fourth-order valence-corrected chi connectivity index (χ4v) is 2.99. The number of aryl methyl sites for hydroxylation is 1. The van der Waals surface area contributed by atoms with Gasteiger partial charge in [-0.3, -0.25) is 0 Å². The van der Waals surface area contributed by atoms with Gasteiger partial charge in [-0.1, -0.05) is 30.3 Å². The van der Waals surface area contributed by atoms with Crippen molar-refractivity contribution in [1.82, 2.24) is 14.7 Å². The summed E-state index contributed by atoms with van der Waals surface area (Å²) in [5.41, 5.74) is 7.55. The fourth-order valence-electron chi connectivity index (χ4n) is 2.99. The Labute approximate surface area is 136 Å². The van der Waals surface area contributed by atoms with E-state index in [1.165, 1.54) is 5.56 Å². The number of anilines is 1. The van der Waals surface area contributed by atoms with Gasteiger partial charge in [-0.15, -0.1) is 0 Å². The molecule has 0 aliphatic carbocycles. The molecule has 1 saturated heterocycles. The first-order valence-corrected chi connectivity index (χ1v) is 8.01. The number of nitrogens with zero attached hydrogens (tertiary/aromatic N) is 3. The molecule has 0 spiro atoms. The molecule has 3 N–H and O–H groups in total. The molecule has 0 saturated carbocycles. The van der Waals surface area contributed by atoms with Crippen molar-refractivity contribution in [2.75, 3.05) is 18.4 Å². The molecule has 2 amide bonds. The van der Waals surface area contributed by atoms with E-state index in [0.717, 1.165) is 30.9 Å². The number of nitrogens with two attached hydrogens (primary N) is 1. The van der Waals surface area contributed by atoms with Crippen molar-refractivity contribution in [2.45, 2.75) is 32.4 Å². The maximum atomic E-state index is 11.2. The molecular formula is C17H23N5O. The van der Waals surface area contributed by atoms with E-state index in [2.05, 4.69) is 28.6 Å². The van der Waals surface area contributed by atoms with Gasteiger partial charge in [-0.2, -0.15) is 5.10 Å². The van der Waals surface area contributed by atoms with E-state index in [1.807, 2.05) is 29.8 Å². The van der Waals surface area contributed by atoms with Gasteiger partial charge in [0.25, 0.3) is 0 Å². The second-order valence-corrected chi connectivity index (χ2v) is 6.06. The van der Waals surface area contributed by atoms with Crippen LogP contribution in [0.5, 0.6) is 0 Å². The highest BCUT2D eigenvalue weighted by Crippen LogP contribution is 2.19. The lowest BCUT2D eigenvalue weighted by Crippen LogP contribution is -2.44. The Balaban J connectivity index is 1.66. The van der Waals surface area contributed by atoms with Gasteiger partial charge in [0, 0.05) is 25.2 Å². The van der Waals surface area contributed by atoms with Crippen molar-refractivity contribution in [3.8, 4) is 0 Å². The fraction of sp³-hybridized carbons (Fsp3) is 0.412. The topological polar surface area (TPSA) is 76.2 Å². The van der Waals surface area contributed by atoms with Gasteiger partial charge in [-0.25, -0.2) is 9.48 Å². The predicted molar refractivity (Wildman–Crippen MR) is 90.3 cm³/mol. The van der Waals surface area contributed by atoms with Crippen LogP contribution in [0.3, 0.4) is 0 Å². The van der Waals surface area contributed by atoms with E-state index in [4.69, 9.17) is 5.73 Å². The highest BCUT2D eigenvalue weighted by atomic mass is 16.2. The first-order valence-electron chi connectivity index (χ1n) is 8.01. The van der Waals surface area contributed by atoms with Gasteiger partial charge in [-0.05, 0) is 25.3 Å². The second-order valence-electron chi connectivity index (χ2n) is 6.06. The monoisotopic (exact) mass is 313 g/mol. The Morgan fingerprint density at radius 2 is 2.00 bits per heavy atom. The molecule has 122 valence electrons. The molecule has 1 aliphatic rings. The predicted octanol–water partition coefficient (Wildman–Crippen LogP) is 2.19. The molecule has 0 radical (unpaired) electrons. The summed E-state index contributed by atoms with van der Waals surface area (Å²) in [4.78, 5) is 12.9. The second kappa shape index (κ2) is 6.73. The number of carbonyl (C=O) groups is 1. The average Bonchev–Trinajstić information content (AvgIpc) is 2.88. The van der Waals surface area contributed by atoms with Crippen LogP contribution in [0.1, 0.15) is 24.1 Å². The number of carbonyl (C=O) groups excluding carboxylic acids is 1. The summed E-state index contributed by atoms with van der Waals surface area (Å²) in [6.45, 7) is 4.16. The number of amides is 2. The minimum atomic E-state index is -0.326. The first kappa shape index (κ1) is 15.4. The molecule has 0 atom stereocenters. The van der Waals surface area contributed by atoms with Gasteiger partial charge < -0.3 is 16.0 Å². The van der Waals surface area contributed by atoms with E-state index in [0.29, 0.717) is 19.1 Å². The number of urea groups is 1. The molecule has 6 heteroatoms. The van der Waals surface area contributed by atoms with Gasteiger partial charge in [0.15, 0.2) is 0 Å². The van der Waals surface area contributed by atoms with Crippen molar-refractivity contribution >= 4 is 11.8 Å². The largest absolute Gasteiger partial charge is 0.367 e. The van der Waals surface area contributed by atoms with Gasteiger partial charge in [0.1, 0.15) is 5.82 Å². The summed E-state index contributed by atoms with van der Waals surface area (Å²) in [6.07, 6.45) is 1.80. The van der Waals surface area contributed by atoms with Gasteiger partial charge >= 0.3 is 6.03 Å². The highest BCUT2D eigenvalue weighted by Gasteiger charge is 2.22. The normalized spacial score (nSPS) is 15.6. The molecule has 2 heterocycles. The van der Waals surface area contributed by atoms with Gasteiger partial charge in [0.05, 0.1) is 12.2 Å². The van der Waals surface area contributed by atoms with Crippen LogP contribution in [0, 0.1) is 6.92 Å². The zero-order chi connectivity index (χ0) is 16.2. The molecule has 0 bridgehead atoms.